The first-order valence-electron chi connectivity index (χ1n) is 12.4. The normalized spacial score (nSPS) is 15.3. The number of anilines is 2. The average molecular weight is 573 g/mol. The van der Waals surface area contributed by atoms with Crippen LogP contribution < -0.4 is 20.3 Å². The van der Waals surface area contributed by atoms with Gasteiger partial charge in [-0.25, -0.2) is 9.37 Å². The van der Waals surface area contributed by atoms with Gasteiger partial charge in [0.05, 0.1) is 23.8 Å². The molecule has 2 aromatic heterocycles. The van der Waals surface area contributed by atoms with Crippen molar-refractivity contribution in [2.24, 2.45) is 0 Å². The monoisotopic (exact) mass is 572 g/mol. The van der Waals surface area contributed by atoms with Crippen molar-refractivity contribution in [1.29, 1.82) is 0 Å². The molecule has 0 saturated carbocycles. The summed E-state index contributed by atoms with van der Waals surface area (Å²) in [4.78, 5) is 19.2. The zero-order chi connectivity index (χ0) is 28.3. The Morgan fingerprint density at radius 1 is 1.15 bits per heavy atom. The van der Waals surface area contributed by atoms with E-state index in [4.69, 9.17) is 4.74 Å². The van der Waals surface area contributed by atoms with Crippen LogP contribution in [0.3, 0.4) is 0 Å². The molecule has 2 aromatic carbocycles. The number of benzene rings is 2. The van der Waals surface area contributed by atoms with E-state index in [1.54, 1.807) is 18.0 Å². The third kappa shape index (κ3) is 5.75. The number of amides is 1. The highest BCUT2D eigenvalue weighted by molar-refractivity contribution is 7.13. The van der Waals surface area contributed by atoms with Crippen molar-refractivity contribution >= 4 is 28.6 Å². The number of rotatable bonds is 8. The molecular formula is C27H24F4N6O2S. The molecule has 1 atom stereocenters. The van der Waals surface area contributed by atoms with E-state index >= 15 is 0 Å². The molecule has 0 radical (unpaired) electrons. The van der Waals surface area contributed by atoms with E-state index in [1.807, 2.05) is 0 Å². The molecule has 4 aromatic rings. The SMILES string of the molecule is CNC[C@H]1CCCN1c1c(NC(=O)c2csc(-c3ccnnc3)n2)ccc(Oc2ccccc2F)c1C(F)(F)F. The van der Waals surface area contributed by atoms with E-state index in [-0.39, 0.29) is 28.9 Å². The van der Waals surface area contributed by atoms with Crippen LogP contribution in [0.1, 0.15) is 28.9 Å². The molecule has 1 amide bonds. The number of ether oxygens (including phenoxy) is 1. The van der Waals surface area contributed by atoms with Crippen molar-refractivity contribution in [3.63, 3.8) is 0 Å². The maximum absolute atomic E-state index is 14.8. The van der Waals surface area contributed by atoms with Gasteiger partial charge in [-0.05, 0) is 50.2 Å². The second-order valence-corrected chi connectivity index (χ2v) is 9.89. The lowest BCUT2D eigenvalue weighted by molar-refractivity contribution is -0.138. The van der Waals surface area contributed by atoms with Crippen molar-refractivity contribution in [2.75, 3.05) is 30.4 Å². The number of carbonyl (C=O) groups excluding carboxylic acids is 1. The van der Waals surface area contributed by atoms with Crippen LogP contribution >= 0.6 is 11.3 Å². The van der Waals surface area contributed by atoms with Crippen LogP contribution in [0.4, 0.5) is 28.9 Å². The number of halogens is 4. The standard InChI is InChI=1S/C27H24F4N6O2S/c1-32-14-17-5-4-12-37(17)24-19(35-25(38)20-15-40-26(36-20)16-10-11-33-34-13-16)8-9-22(23(24)27(29,30)31)39-21-7-3-2-6-18(21)28/h2-3,6-11,13,15,17,32H,4-5,12,14H2,1H3,(H,35,38)/t17-/m1/s1. The van der Waals surface area contributed by atoms with Crippen LogP contribution in [-0.4, -0.2) is 47.3 Å². The van der Waals surface area contributed by atoms with Gasteiger partial charge < -0.3 is 20.3 Å². The lowest BCUT2D eigenvalue weighted by Gasteiger charge is -2.32. The summed E-state index contributed by atoms with van der Waals surface area (Å²) in [6.07, 6.45) is -0.586. The minimum atomic E-state index is -4.88. The van der Waals surface area contributed by atoms with Crippen molar-refractivity contribution < 1.29 is 27.1 Å². The molecular weight excluding hydrogens is 548 g/mol. The van der Waals surface area contributed by atoms with Crippen molar-refractivity contribution in [2.45, 2.75) is 25.1 Å². The molecule has 208 valence electrons. The van der Waals surface area contributed by atoms with Gasteiger partial charge in [0, 0.05) is 30.1 Å². The third-order valence-corrected chi connectivity index (χ3v) is 7.29. The molecule has 40 heavy (non-hydrogen) atoms. The van der Waals surface area contributed by atoms with Crippen LogP contribution in [0.2, 0.25) is 0 Å². The fourth-order valence-corrected chi connectivity index (χ4v) is 5.46. The van der Waals surface area contributed by atoms with Crippen molar-refractivity contribution in [3.8, 4) is 22.1 Å². The summed E-state index contributed by atoms with van der Waals surface area (Å²) in [5.74, 6) is -2.38. The van der Waals surface area contributed by atoms with E-state index in [9.17, 15) is 22.4 Å². The van der Waals surface area contributed by atoms with Gasteiger partial charge in [0.1, 0.15) is 22.0 Å². The molecule has 5 rings (SSSR count). The number of carbonyl (C=O) groups is 1. The van der Waals surface area contributed by atoms with Gasteiger partial charge in [0.25, 0.3) is 5.91 Å². The van der Waals surface area contributed by atoms with Crippen molar-refractivity contribution in [1.82, 2.24) is 20.5 Å². The van der Waals surface area contributed by atoms with E-state index < -0.39 is 29.2 Å². The Balaban J connectivity index is 1.57. The molecule has 0 bridgehead atoms. The zero-order valence-electron chi connectivity index (χ0n) is 21.2. The van der Waals surface area contributed by atoms with Gasteiger partial charge in [-0.15, -0.1) is 11.3 Å². The quantitative estimate of drug-likeness (QED) is 0.251. The topological polar surface area (TPSA) is 92.3 Å². The molecule has 3 heterocycles. The zero-order valence-corrected chi connectivity index (χ0v) is 22.0. The largest absolute Gasteiger partial charge is 0.454 e. The first-order valence-corrected chi connectivity index (χ1v) is 13.3. The van der Waals surface area contributed by atoms with E-state index in [1.165, 1.54) is 53.4 Å². The number of hydrogen-bond acceptors (Lipinski definition) is 8. The molecule has 1 saturated heterocycles. The first-order chi connectivity index (χ1) is 19.3. The van der Waals surface area contributed by atoms with Gasteiger partial charge in [-0.3, -0.25) is 4.79 Å². The van der Waals surface area contributed by atoms with Gasteiger partial charge in [-0.1, -0.05) is 12.1 Å². The molecule has 13 heteroatoms. The lowest BCUT2D eigenvalue weighted by Crippen LogP contribution is -2.38. The predicted octanol–water partition coefficient (Wildman–Crippen LogP) is 5.99. The molecule has 8 nitrogen and oxygen atoms in total. The molecule has 0 spiro atoms. The minimum absolute atomic E-state index is 0.0381. The smallest absolute Gasteiger partial charge is 0.422 e. The number of likely N-dealkylation sites (N-methyl/N-ethyl adjacent to an activating group) is 1. The lowest BCUT2D eigenvalue weighted by atomic mass is 10.1. The molecule has 0 aliphatic carbocycles. The Labute approximate surface area is 231 Å². The fraction of sp³-hybridized carbons (Fsp3) is 0.259. The number of nitrogens with one attached hydrogen (secondary N) is 2. The Morgan fingerprint density at radius 3 is 2.70 bits per heavy atom. The summed E-state index contributed by atoms with van der Waals surface area (Å²) in [5.41, 5.74) is -0.696. The predicted molar refractivity (Wildman–Crippen MR) is 143 cm³/mol. The number of nitrogens with zero attached hydrogens (tertiary/aromatic N) is 4. The molecule has 0 unspecified atom stereocenters. The van der Waals surface area contributed by atoms with E-state index in [0.717, 1.165) is 12.1 Å². The molecule has 1 aliphatic rings. The Hall–Kier alpha value is -4.10. The molecule has 1 fully saturated rings. The van der Waals surface area contributed by atoms with Crippen LogP contribution in [-0.2, 0) is 6.18 Å². The van der Waals surface area contributed by atoms with Crippen LogP contribution in [0.5, 0.6) is 11.5 Å². The summed E-state index contributed by atoms with van der Waals surface area (Å²) in [6.45, 7) is 0.760. The number of alkyl halides is 3. The fourth-order valence-electron chi connectivity index (χ4n) is 4.67. The summed E-state index contributed by atoms with van der Waals surface area (Å²) in [5, 5.41) is 15.2. The van der Waals surface area contributed by atoms with E-state index in [2.05, 4.69) is 25.8 Å². The van der Waals surface area contributed by atoms with Gasteiger partial charge in [0.15, 0.2) is 11.6 Å². The van der Waals surface area contributed by atoms with Crippen LogP contribution in [0.15, 0.2) is 60.2 Å². The van der Waals surface area contributed by atoms with Gasteiger partial charge >= 0.3 is 6.18 Å². The highest BCUT2D eigenvalue weighted by Crippen LogP contribution is 2.49. The van der Waals surface area contributed by atoms with Crippen LogP contribution in [0, 0.1) is 5.82 Å². The molecule has 1 aliphatic heterocycles. The average Bonchev–Trinajstić information content (AvgIpc) is 3.61. The summed E-state index contributed by atoms with van der Waals surface area (Å²) in [6, 6.07) is 9.09. The van der Waals surface area contributed by atoms with Crippen molar-refractivity contribution in [3.05, 3.63) is 77.3 Å². The van der Waals surface area contributed by atoms with E-state index in [0.29, 0.717) is 36.5 Å². The highest BCUT2D eigenvalue weighted by atomic mass is 32.1. The Morgan fingerprint density at radius 2 is 1.98 bits per heavy atom. The highest BCUT2D eigenvalue weighted by Gasteiger charge is 2.42. The number of aromatic nitrogens is 3. The summed E-state index contributed by atoms with van der Waals surface area (Å²) < 4.78 is 64.1. The Bertz CT molecular complexity index is 1500. The molecule has 2 N–H and O–H groups in total. The third-order valence-electron chi connectivity index (χ3n) is 6.40. The second kappa shape index (κ2) is 11.6. The number of thiazole rings is 1. The second-order valence-electron chi connectivity index (χ2n) is 9.04. The van der Waals surface area contributed by atoms with Gasteiger partial charge in [-0.2, -0.15) is 23.4 Å². The maximum Gasteiger partial charge on any atom is 0.422 e. The summed E-state index contributed by atoms with van der Waals surface area (Å²) >= 11 is 1.20. The van der Waals surface area contributed by atoms with Gasteiger partial charge in [0.2, 0.25) is 0 Å². The van der Waals surface area contributed by atoms with Crippen LogP contribution in [0.25, 0.3) is 10.6 Å². The minimum Gasteiger partial charge on any atom is -0.454 e. The summed E-state index contributed by atoms with van der Waals surface area (Å²) in [7, 11) is 1.72. The first kappa shape index (κ1) is 27.5. The Kier molecular flexibility index (Phi) is 7.94. The number of para-hydroxylation sites is 1. The maximum atomic E-state index is 14.8. The number of hydrogen-bond donors (Lipinski definition) is 2.